The lowest BCUT2D eigenvalue weighted by Crippen LogP contribution is -2.13. The number of halogens is 1. The summed E-state index contributed by atoms with van der Waals surface area (Å²) in [5, 5.41) is 1.15. The van der Waals surface area contributed by atoms with Crippen LogP contribution in [-0.2, 0) is 21.7 Å². The van der Waals surface area contributed by atoms with Gasteiger partial charge in [0.2, 0.25) is 0 Å². The summed E-state index contributed by atoms with van der Waals surface area (Å²) in [5.74, 6) is 0.212. The van der Waals surface area contributed by atoms with Crippen LogP contribution < -0.4 is 5.56 Å². The van der Waals surface area contributed by atoms with E-state index < -0.39 is 5.97 Å². The fourth-order valence-electron chi connectivity index (χ4n) is 1.59. The average molecular weight is 325 g/mol. The fourth-order valence-corrected chi connectivity index (χ4v) is 2.57. The molecule has 0 amide bonds. The molecular formula is C14H13ClN2O3S. The molecule has 1 heterocycles. The van der Waals surface area contributed by atoms with Crippen molar-refractivity contribution in [1.29, 1.82) is 0 Å². The predicted molar refractivity (Wildman–Crippen MR) is 81.6 cm³/mol. The minimum Gasteiger partial charge on any atom is -0.469 e. The van der Waals surface area contributed by atoms with Crippen LogP contribution >= 0.6 is 23.4 Å². The molecule has 0 bridgehead atoms. The normalized spacial score (nSPS) is 10.4. The molecule has 0 aliphatic rings. The lowest BCUT2D eigenvalue weighted by molar-refractivity contribution is -0.139. The molecular weight excluding hydrogens is 312 g/mol. The SMILES string of the molecule is COC(=O)Cc1cc(=O)[nH]c(SCc2ccc(Cl)cc2)n1. The fraction of sp³-hybridized carbons (Fsp3) is 0.214. The second-order valence-corrected chi connectivity index (χ2v) is 5.61. The van der Waals surface area contributed by atoms with Gasteiger partial charge in [0.1, 0.15) is 0 Å². The number of thioether (sulfide) groups is 1. The van der Waals surface area contributed by atoms with E-state index in [1.54, 1.807) is 12.1 Å². The summed E-state index contributed by atoms with van der Waals surface area (Å²) in [7, 11) is 1.30. The number of aromatic amines is 1. The molecule has 0 spiro atoms. The van der Waals surface area contributed by atoms with Crippen molar-refractivity contribution in [3.05, 3.63) is 57.0 Å². The number of aromatic nitrogens is 2. The van der Waals surface area contributed by atoms with Crippen molar-refractivity contribution < 1.29 is 9.53 Å². The number of nitrogens with zero attached hydrogens (tertiary/aromatic N) is 1. The van der Waals surface area contributed by atoms with Gasteiger partial charge in [-0.1, -0.05) is 35.5 Å². The molecule has 21 heavy (non-hydrogen) atoms. The smallest absolute Gasteiger partial charge is 0.311 e. The Morgan fingerprint density at radius 3 is 2.76 bits per heavy atom. The van der Waals surface area contributed by atoms with Crippen molar-refractivity contribution in [2.24, 2.45) is 0 Å². The summed E-state index contributed by atoms with van der Waals surface area (Å²) in [6, 6.07) is 8.73. The first-order valence-corrected chi connectivity index (χ1v) is 7.47. The lowest BCUT2D eigenvalue weighted by atomic mass is 10.2. The predicted octanol–water partition coefficient (Wildman–Crippen LogP) is 2.43. The zero-order valence-electron chi connectivity index (χ0n) is 11.3. The van der Waals surface area contributed by atoms with E-state index in [4.69, 9.17) is 11.6 Å². The third-order valence-electron chi connectivity index (χ3n) is 2.61. The molecule has 0 atom stereocenters. The Bertz CT molecular complexity index is 685. The molecule has 2 rings (SSSR count). The van der Waals surface area contributed by atoms with Crippen molar-refractivity contribution in [2.75, 3.05) is 7.11 Å². The van der Waals surface area contributed by atoms with E-state index in [2.05, 4.69) is 14.7 Å². The Hall–Kier alpha value is -1.79. The van der Waals surface area contributed by atoms with E-state index in [1.807, 2.05) is 12.1 Å². The number of hydrogen-bond donors (Lipinski definition) is 1. The highest BCUT2D eigenvalue weighted by atomic mass is 35.5. The summed E-state index contributed by atoms with van der Waals surface area (Å²) in [6.07, 6.45) is -0.0189. The van der Waals surface area contributed by atoms with Crippen molar-refractivity contribution in [1.82, 2.24) is 9.97 Å². The minimum absolute atomic E-state index is 0.0189. The van der Waals surface area contributed by atoms with Crippen LogP contribution in [0.1, 0.15) is 11.3 Å². The Morgan fingerprint density at radius 2 is 2.10 bits per heavy atom. The summed E-state index contributed by atoms with van der Waals surface area (Å²) in [4.78, 5) is 29.7. The third kappa shape index (κ3) is 4.91. The minimum atomic E-state index is -0.429. The van der Waals surface area contributed by atoms with Crippen LogP contribution in [0.4, 0.5) is 0 Å². The Labute approximate surface area is 130 Å². The quantitative estimate of drug-likeness (QED) is 0.519. The van der Waals surface area contributed by atoms with Crippen LogP contribution in [-0.4, -0.2) is 23.0 Å². The molecule has 2 aromatic rings. The molecule has 1 aromatic carbocycles. The molecule has 1 aromatic heterocycles. The average Bonchev–Trinajstić information content (AvgIpc) is 2.46. The molecule has 0 saturated heterocycles. The first-order valence-electron chi connectivity index (χ1n) is 6.11. The molecule has 5 nitrogen and oxygen atoms in total. The monoisotopic (exact) mass is 324 g/mol. The molecule has 0 aliphatic carbocycles. The molecule has 0 unspecified atom stereocenters. The standard InChI is InChI=1S/C14H13ClN2O3S/c1-20-13(19)7-11-6-12(18)17-14(16-11)21-8-9-2-4-10(15)5-3-9/h2-6H,7-8H2,1H3,(H,16,17,18). The summed E-state index contributed by atoms with van der Waals surface area (Å²) < 4.78 is 4.56. The zero-order chi connectivity index (χ0) is 15.2. The topological polar surface area (TPSA) is 72.1 Å². The molecule has 0 radical (unpaired) electrons. The van der Waals surface area contributed by atoms with Crippen LogP contribution in [0, 0.1) is 0 Å². The van der Waals surface area contributed by atoms with Gasteiger partial charge in [-0.3, -0.25) is 9.59 Å². The van der Waals surface area contributed by atoms with Crippen LogP contribution in [0.5, 0.6) is 0 Å². The second-order valence-electron chi connectivity index (χ2n) is 4.21. The largest absolute Gasteiger partial charge is 0.469 e. The molecule has 110 valence electrons. The number of nitrogens with one attached hydrogen (secondary N) is 1. The van der Waals surface area contributed by atoms with Crippen LogP contribution in [0.3, 0.4) is 0 Å². The number of benzene rings is 1. The van der Waals surface area contributed by atoms with Crippen molar-refractivity contribution in [2.45, 2.75) is 17.3 Å². The van der Waals surface area contributed by atoms with E-state index in [9.17, 15) is 9.59 Å². The van der Waals surface area contributed by atoms with Crippen LogP contribution in [0.15, 0.2) is 40.3 Å². The van der Waals surface area contributed by atoms with Crippen molar-refractivity contribution >= 4 is 29.3 Å². The summed E-state index contributed by atoms with van der Waals surface area (Å²) in [6.45, 7) is 0. The van der Waals surface area contributed by atoms with E-state index in [-0.39, 0.29) is 12.0 Å². The Balaban J connectivity index is 2.07. The van der Waals surface area contributed by atoms with Gasteiger partial charge in [0.15, 0.2) is 5.16 Å². The van der Waals surface area contributed by atoms with Gasteiger partial charge in [0, 0.05) is 16.8 Å². The molecule has 0 aliphatic heterocycles. The lowest BCUT2D eigenvalue weighted by Gasteiger charge is -2.04. The molecule has 7 heteroatoms. The number of esters is 1. The van der Waals surface area contributed by atoms with Gasteiger partial charge < -0.3 is 9.72 Å². The van der Waals surface area contributed by atoms with Gasteiger partial charge in [-0.25, -0.2) is 4.98 Å². The highest BCUT2D eigenvalue weighted by Gasteiger charge is 2.08. The number of H-pyrrole nitrogens is 1. The van der Waals surface area contributed by atoms with Gasteiger partial charge in [0.05, 0.1) is 19.2 Å². The number of methoxy groups -OCH3 is 1. The maximum absolute atomic E-state index is 11.6. The Kier molecular flexibility index (Phi) is 5.41. The van der Waals surface area contributed by atoms with Crippen molar-refractivity contribution in [3.63, 3.8) is 0 Å². The van der Waals surface area contributed by atoms with Crippen LogP contribution in [0.2, 0.25) is 5.02 Å². The molecule has 0 fully saturated rings. The summed E-state index contributed by atoms with van der Waals surface area (Å²) in [5.41, 5.74) is 1.16. The van der Waals surface area contributed by atoms with Crippen molar-refractivity contribution in [3.8, 4) is 0 Å². The van der Waals surface area contributed by atoms with Gasteiger partial charge in [-0.15, -0.1) is 0 Å². The highest BCUT2D eigenvalue weighted by molar-refractivity contribution is 7.98. The maximum atomic E-state index is 11.6. The van der Waals surface area contributed by atoms with Crippen LogP contribution in [0.25, 0.3) is 0 Å². The summed E-state index contributed by atoms with van der Waals surface area (Å²) >= 11 is 7.20. The molecule has 1 N–H and O–H groups in total. The number of hydrogen-bond acceptors (Lipinski definition) is 5. The highest BCUT2D eigenvalue weighted by Crippen LogP contribution is 2.19. The van der Waals surface area contributed by atoms with Gasteiger partial charge in [-0.2, -0.15) is 0 Å². The van der Waals surface area contributed by atoms with Gasteiger partial charge in [-0.05, 0) is 17.7 Å². The van der Waals surface area contributed by atoms with Gasteiger partial charge >= 0.3 is 5.97 Å². The first kappa shape index (κ1) is 15.6. The number of carbonyl (C=O) groups excluding carboxylic acids is 1. The van der Waals surface area contributed by atoms with Gasteiger partial charge in [0.25, 0.3) is 5.56 Å². The zero-order valence-corrected chi connectivity index (χ0v) is 12.8. The van der Waals surface area contributed by atoms with E-state index >= 15 is 0 Å². The van der Waals surface area contributed by atoms with E-state index in [1.165, 1.54) is 24.9 Å². The maximum Gasteiger partial charge on any atom is 0.311 e. The van der Waals surface area contributed by atoms with E-state index in [0.29, 0.717) is 21.6 Å². The number of carbonyl (C=O) groups is 1. The number of ether oxygens (including phenoxy) is 1. The second kappa shape index (κ2) is 7.28. The molecule has 0 saturated carbocycles. The third-order valence-corrected chi connectivity index (χ3v) is 3.81. The van der Waals surface area contributed by atoms with E-state index in [0.717, 1.165) is 5.56 Å². The first-order chi connectivity index (χ1) is 10.1. The Morgan fingerprint density at radius 1 is 1.38 bits per heavy atom. The number of rotatable bonds is 5.